The first-order valence-electron chi connectivity index (χ1n) is 5.72. The first-order valence-corrected chi connectivity index (χ1v) is 5.72. The summed E-state index contributed by atoms with van der Waals surface area (Å²) in [6, 6.07) is 3.70. The van der Waals surface area contributed by atoms with E-state index in [-0.39, 0.29) is 11.6 Å². The second kappa shape index (κ2) is 6.65. The lowest BCUT2D eigenvalue weighted by molar-refractivity contribution is 0.0940. The third-order valence-corrected chi connectivity index (χ3v) is 2.50. The van der Waals surface area contributed by atoms with Crippen LogP contribution in [0.5, 0.6) is 5.75 Å². The molecule has 0 fully saturated rings. The van der Waals surface area contributed by atoms with Gasteiger partial charge < -0.3 is 10.1 Å². The SMILES string of the molecule is C#CC(CCC)NC(=O)c1ccc(OC)cc1F. The van der Waals surface area contributed by atoms with Crippen molar-refractivity contribution in [1.29, 1.82) is 0 Å². The quantitative estimate of drug-likeness (QED) is 0.813. The van der Waals surface area contributed by atoms with Crippen LogP contribution in [0.3, 0.4) is 0 Å². The second-order valence-corrected chi connectivity index (χ2v) is 3.83. The fraction of sp³-hybridized carbons (Fsp3) is 0.357. The summed E-state index contributed by atoms with van der Waals surface area (Å²) in [5.41, 5.74) is -0.0350. The molecule has 3 nitrogen and oxygen atoms in total. The molecule has 0 aliphatic heterocycles. The summed E-state index contributed by atoms with van der Waals surface area (Å²) in [6.45, 7) is 1.96. The molecule has 0 bridgehead atoms. The average Bonchev–Trinajstić information content (AvgIpc) is 2.37. The number of rotatable bonds is 5. The zero-order valence-corrected chi connectivity index (χ0v) is 10.5. The second-order valence-electron chi connectivity index (χ2n) is 3.83. The molecule has 4 heteroatoms. The van der Waals surface area contributed by atoms with Crippen LogP contribution in [-0.4, -0.2) is 19.1 Å². The summed E-state index contributed by atoms with van der Waals surface area (Å²) in [6.07, 6.45) is 6.80. The number of hydrogen-bond acceptors (Lipinski definition) is 2. The van der Waals surface area contributed by atoms with Crippen LogP contribution in [0.2, 0.25) is 0 Å². The van der Waals surface area contributed by atoms with E-state index < -0.39 is 11.7 Å². The van der Waals surface area contributed by atoms with E-state index in [4.69, 9.17) is 11.2 Å². The highest BCUT2D eigenvalue weighted by Gasteiger charge is 2.15. The molecule has 1 unspecified atom stereocenters. The number of halogens is 1. The van der Waals surface area contributed by atoms with Crippen molar-refractivity contribution in [2.75, 3.05) is 7.11 Å². The van der Waals surface area contributed by atoms with Gasteiger partial charge >= 0.3 is 0 Å². The van der Waals surface area contributed by atoms with Crippen molar-refractivity contribution in [1.82, 2.24) is 5.32 Å². The predicted molar refractivity (Wildman–Crippen MR) is 67.9 cm³/mol. The Morgan fingerprint density at radius 3 is 2.83 bits per heavy atom. The van der Waals surface area contributed by atoms with E-state index in [9.17, 15) is 9.18 Å². The topological polar surface area (TPSA) is 38.3 Å². The molecule has 0 spiro atoms. The van der Waals surface area contributed by atoms with Gasteiger partial charge in [0.1, 0.15) is 11.6 Å². The van der Waals surface area contributed by atoms with Gasteiger partial charge in [-0.05, 0) is 18.6 Å². The smallest absolute Gasteiger partial charge is 0.255 e. The third kappa shape index (κ3) is 3.49. The zero-order valence-electron chi connectivity index (χ0n) is 10.5. The van der Waals surface area contributed by atoms with Crippen LogP contribution in [0.15, 0.2) is 18.2 Å². The third-order valence-electron chi connectivity index (χ3n) is 2.50. The average molecular weight is 249 g/mol. The summed E-state index contributed by atoms with van der Waals surface area (Å²) in [4.78, 5) is 11.8. The molecule has 96 valence electrons. The van der Waals surface area contributed by atoms with E-state index >= 15 is 0 Å². The van der Waals surface area contributed by atoms with E-state index in [0.29, 0.717) is 12.2 Å². The van der Waals surface area contributed by atoms with Gasteiger partial charge in [-0.3, -0.25) is 4.79 Å². The number of terminal acetylenes is 1. The van der Waals surface area contributed by atoms with Gasteiger partial charge in [-0.1, -0.05) is 19.3 Å². The van der Waals surface area contributed by atoms with Crippen molar-refractivity contribution < 1.29 is 13.9 Å². The van der Waals surface area contributed by atoms with Crippen LogP contribution in [0, 0.1) is 18.2 Å². The summed E-state index contributed by atoms with van der Waals surface area (Å²) in [5, 5.41) is 2.61. The number of amides is 1. The fourth-order valence-corrected chi connectivity index (χ4v) is 1.53. The standard InChI is InChI=1S/C14H16FNO2/c1-4-6-10(5-2)16-14(17)12-8-7-11(18-3)9-13(12)15/h2,7-10H,4,6H2,1,3H3,(H,16,17). The number of methoxy groups -OCH3 is 1. The highest BCUT2D eigenvalue weighted by molar-refractivity contribution is 5.95. The molecule has 1 aromatic carbocycles. The number of carbonyl (C=O) groups excluding carboxylic acids is 1. The van der Waals surface area contributed by atoms with E-state index in [0.717, 1.165) is 6.42 Å². The van der Waals surface area contributed by atoms with E-state index in [2.05, 4.69) is 11.2 Å². The lowest BCUT2D eigenvalue weighted by Gasteiger charge is -2.12. The van der Waals surface area contributed by atoms with Crippen LogP contribution >= 0.6 is 0 Å². The van der Waals surface area contributed by atoms with Gasteiger partial charge in [0.05, 0.1) is 18.7 Å². The Bertz CT molecular complexity index is 465. The van der Waals surface area contributed by atoms with E-state index in [1.165, 1.54) is 25.3 Å². The van der Waals surface area contributed by atoms with Crippen LogP contribution in [0.25, 0.3) is 0 Å². The molecule has 1 atom stereocenters. The number of benzene rings is 1. The van der Waals surface area contributed by atoms with Crippen LogP contribution in [-0.2, 0) is 0 Å². The maximum Gasteiger partial charge on any atom is 0.255 e. The maximum absolute atomic E-state index is 13.6. The molecule has 1 aromatic rings. The molecule has 0 saturated heterocycles. The van der Waals surface area contributed by atoms with Crippen molar-refractivity contribution in [3.8, 4) is 18.1 Å². The lowest BCUT2D eigenvalue weighted by Crippen LogP contribution is -2.34. The summed E-state index contributed by atoms with van der Waals surface area (Å²) in [7, 11) is 1.43. The van der Waals surface area contributed by atoms with Crippen molar-refractivity contribution in [3.63, 3.8) is 0 Å². The highest BCUT2D eigenvalue weighted by Crippen LogP contribution is 2.16. The van der Waals surface area contributed by atoms with Gasteiger partial charge in [0.15, 0.2) is 0 Å². The highest BCUT2D eigenvalue weighted by atomic mass is 19.1. The molecule has 0 saturated carbocycles. The van der Waals surface area contributed by atoms with E-state index in [1.807, 2.05) is 6.92 Å². The summed E-state index contributed by atoms with van der Waals surface area (Å²) >= 11 is 0. The van der Waals surface area contributed by atoms with Crippen molar-refractivity contribution >= 4 is 5.91 Å². The van der Waals surface area contributed by atoms with Gasteiger partial charge in [0, 0.05) is 6.07 Å². The minimum atomic E-state index is -0.626. The molecule has 0 heterocycles. The first-order chi connectivity index (χ1) is 8.62. The van der Waals surface area contributed by atoms with Crippen molar-refractivity contribution in [2.45, 2.75) is 25.8 Å². The Balaban J connectivity index is 2.81. The predicted octanol–water partition coefficient (Wildman–Crippen LogP) is 2.37. The molecular formula is C14H16FNO2. The molecule has 0 radical (unpaired) electrons. The number of hydrogen-bond donors (Lipinski definition) is 1. The lowest BCUT2D eigenvalue weighted by atomic mass is 10.1. The Hall–Kier alpha value is -2.02. The molecule has 18 heavy (non-hydrogen) atoms. The van der Waals surface area contributed by atoms with Gasteiger partial charge in [-0.25, -0.2) is 4.39 Å². The number of ether oxygens (including phenoxy) is 1. The normalized spacial score (nSPS) is 11.4. The number of carbonyl (C=O) groups is 1. The van der Waals surface area contributed by atoms with Crippen molar-refractivity contribution in [3.05, 3.63) is 29.6 Å². The summed E-state index contributed by atoms with van der Waals surface area (Å²) < 4.78 is 18.5. The summed E-state index contributed by atoms with van der Waals surface area (Å²) in [5.74, 6) is 1.70. The minimum absolute atomic E-state index is 0.0350. The Kier molecular flexibility index (Phi) is 5.19. The van der Waals surface area contributed by atoms with Crippen molar-refractivity contribution in [2.24, 2.45) is 0 Å². The zero-order chi connectivity index (χ0) is 13.5. The van der Waals surface area contributed by atoms with E-state index in [1.54, 1.807) is 0 Å². The Morgan fingerprint density at radius 1 is 1.61 bits per heavy atom. The van der Waals surface area contributed by atoms with Gasteiger partial charge in [0.2, 0.25) is 0 Å². The molecule has 1 N–H and O–H groups in total. The van der Waals surface area contributed by atoms with Crippen LogP contribution < -0.4 is 10.1 Å². The monoisotopic (exact) mass is 249 g/mol. The number of nitrogens with one attached hydrogen (secondary N) is 1. The maximum atomic E-state index is 13.6. The molecule has 1 amide bonds. The Labute approximate surface area is 106 Å². The molecule has 1 rings (SSSR count). The molecule has 0 aliphatic carbocycles. The molecule has 0 aliphatic rings. The van der Waals surface area contributed by atoms with Gasteiger partial charge in [0.25, 0.3) is 5.91 Å². The minimum Gasteiger partial charge on any atom is -0.497 e. The van der Waals surface area contributed by atoms with Gasteiger partial charge in [-0.15, -0.1) is 6.42 Å². The largest absolute Gasteiger partial charge is 0.497 e. The van der Waals surface area contributed by atoms with Gasteiger partial charge in [-0.2, -0.15) is 0 Å². The molecular weight excluding hydrogens is 233 g/mol. The Morgan fingerprint density at radius 2 is 2.33 bits per heavy atom. The van der Waals surface area contributed by atoms with Crippen LogP contribution in [0.1, 0.15) is 30.1 Å². The fourth-order valence-electron chi connectivity index (χ4n) is 1.53. The van der Waals surface area contributed by atoms with Crippen LogP contribution in [0.4, 0.5) is 4.39 Å². The molecule has 0 aromatic heterocycles. The first kappa shape index (κ1) is 14.0.